The van der Waals surface area contributed by atoms with Gasteiger partial charge in [0.05, 0.1) is 10.0 Å². The van der Waals surface area contributed by atoms with Gasteiger partial charge in [0.15, 0.2) is 11.6 Å². The van der Waals surface area contributed by atoms with E-state index in [-0.39, 0.29) is 14.9 Å². The maximum absolute atomic E-state index is 13.4. The molecular weight excluding hydrogens is 314 g/mol. The van der Waals surface area contributed by atoms with Crippen LogP contribution in [0.3, 0.4) is 0 Å². The highest BCUT2D eigenvalue weighted by Crippen LogP contribution is 2.31. The van der Waals surface area contributed by atoms with E-state index in [4.69, 9.17) is 27.4 Å². The first-order valence-electron chi connectivity index (χ1n) is 5.05. The number of para-hydroxylation sites is 1. The number of benzene rings is 2. The molecule has 0 bridgehead atoms. The molecule has 2 aromatic carbocycles. The summed E-state index contributed by atoms with van der Waals surface area (Å²) in [5, 5.41) is -0.0969. The summed E-state index contributed by atoms with van der Waals surface area (Å²) in [6, 6.07) is 9.23. The lowest BCUT2D eigenvalue weighted by Crippen LogP contribution is -2.11. The topological polar surface area (TPSA) is 43.4 Å². The first-order chi connectivity index (χ1) is 8.92. The SMILES string of the molecule is O=S(=O)(Oc1ccccc1F)c1cccc(Cl)c1Cl. The lowest BCUT2D eigenvalue weighted by Gasteiger charge is -2.09. The van der Waals surface area contributed by atoms with Gasteiger partial charge in [0.25, 0.3) is 0 Å². The highest BCUT2D eigenvalue weighted by molar-refractivity contribution is 7.87. The van der Waals surface area contributed by atoms with Gasteiger partial charge in [-0.2, -0.15) is 8.42 Å². The van der Waals surface area contributed by atoms with Crippen LogP contribution in [-0.4, -0.2) is 8.42 Å². The van der Waals surface area contributed by atoms with E-state index in [2.05, 4.69) is 0 Å². The summed E-state index contributed by atoms with van der Waals surface area (Å²) >= 11 is 11.5. The summed E-state index contributed by atoms with van der Waals surface area (Å²) in [7, 11) is -4.25. The van der Waals surface area contributed by atoms with E-state index < -0.39 is 21.7 Å². The molecule has 0 aromatic heterocycles. The van der Waals surface area contributed by atoms with Crippen LogP contribution in [-0.2, 0) is 10.1 Å². The number of halogens is 3. The highest BCUT2D eigenvalue weighted by atomic mass is 35.5. The van der Waals surface area contributed by atoms with Gasteiger partial charge in [-0.15, -0.1) is 0 Å². The van der Waals surface area contributed by atoms with Crippen molar-refractivity contribution in [2.75, 3.05) is 0 Å². The molecule has 7 heteroatoms. The fourth-order valence-corrected chi connectivity index (χ4v) is 3.03. The molecule has 19 heavy (non-hydrogen) atoms. The average Bonchev–Trinajstić information content (AvgIpc) is 2.35. The monoisotopic (exact) mass is 320 g/mol. The minimum atomic E-state index is -4.25. The van der Waals surface area contributed by atoms with Gasteiger partial charge in [0.1, 0.15) is 4.90 Å². The zero-order chi connectivity index (χ0) is 14.0. The van der Waals surface area contributed by atoms with Crippen molar-refractivity contribution in [2.45, 2.75) is 4.90 Å². The summed E-state index contributed by atoms with van der Waals surface area (Å²) in [4.78, 5) is -0.315. The first kappa shape index (κ1) is 14.1. The molecule has 0 saturated carbocycles. The van der Waals surface area contributed by atoms with Crippen LogP contribution in [0.25, 0.3) is 0 Å². The van der Waals surface area contributed by atoms with Crippen molar-refractivity contribution in [1.29, 1.82) is 0 Å². The van der Waals surface area contributed by atoms with Gasteiger partial charge in [-0.3, -0.25) is 0 Å². The van der Waals surface area contributed by atoms with Gasteiger partial charge in [0, 0.05) is 0 Å². The molecule has 0 radical (unpaired) electrons. The van der Waals surface area contributed by atoms with Gasteiger partial charge in [-0.25, -0.2) is 4.39 Å². The Morgan fingerprint density at radius 1 is 1.00 bits per heavy atom. The van der Waals surface area contributed by atoms with Crippen LogP contribution < -0.4 is 4.18 Å². The van der Waals surface area contributed by atoms with Crippen molar-refractivity contribution < 1.29 is 17.0 Å². The lowest BCUT2D eigenvalue weighted by molar-refractivity contribution is 0.461. The van der Waals surface area contributed by atoms with Gasteiger partial charge in [0.2, 0.25) is 0 Å². The maximum Gasteiger partial charge on any atom is 0.340 e. The standard InChI is InChI=1S/C12H7Cl2FO3S/c13-8-4-3-7-11(12(8)14)19(16,17)18-10-6-2-1-5-9(10)15/h1-7H. The fourth-order valence-electron chi connectivity index (χ4n) is 1.35. The Morgan fingerprint density at radius 2 is 1.68 bits per heavy atom. The van der Waals surface area contributed by atoms with E-state index in [1.165, 1.54) is 36.4 Å². The minimum Gasteiger partial charge on any atom is -0.376 e. The van der Waals surface area contributed by atoms with Crippen molar-refractivity contribution in [2.24, 2.45) is 0 Å². The summed E-state index contributed by atoms with van der Waals surface area (Å²) in [6.45, 7) is 0. The van der Waals surface area contributed by atoms with E-state index in [1.807, 2.05) is 0 Å². The van der Waals surface area contributed by atoms with Crippen LogP contribution in [0.1, 0.15) is 0 Å². The molecule has 0 N–H and O–H groups in total. The molecule has 0 atom stereocenters. The smallest absolute Gasteiger partial charge is 0.340 e. The predicted molar refractivity (Wildman–Crippen MR) is 70.7 cm³/mol. The van der Waals surface area contributed by atoms with Crippen molar-refractivity contribution in [3.05, 3.63) is 58.3 Å². The molecule has 0 fully saturated rings. The third kappa shape index (κ3) is 3.00. The molecule has 0 aliphatic heterocycles. The van der Waals surface area contributed by atoms with Crippen molar-refractivity contribution in [3.8, 4) is 5.75 Å². The first-order valence-corrected chi connectivity index (χ1v) is 7.21. The van der Waals surface area contributed by atoms with Crippen molar-refractivity contribution >= 4 is 33.3 Å². The Labute approximate surface area is 119 Å². The molecule has 0 unspecified atom stereocenters. The molecule has 0 spiro atoms. The largest absolute Gasteiger partial charge is 0.376 e. The van der Waals surface area contributed by atoms with Gasteiger partial charge in [-0.1, -0.05) is 41.4 Å². The molecule has 3 nitrogen and oxygen atoms in total. The Kier molecular flexibility index (Phi) is 3.99. The number of hydrogen-bond donors (Lipinski definition) is 0. The average molecular weight is 321 g/mol. The molecule has 0 aliphatic rings. The predicted octanol–water partition coefficient (Wildman–Crippen LogP) is 3.90. The number of hydrogen-bond acceptors (Lipinski definition) is 3. The van der Waals surface area contributed by atoms with Gasteiger partial charge < -0.3 is 4.18 Å². The fraction of sp³-hybridized carbons (Fsp3) is 0. The van der Waals surface area contributed by atoms with E-state index in [0.717, 1.165) is 6.07 Å². The maximum atomic E-state index is 13.4. The molecular formula is C12H7Cl2FO3S. The zero-order valence-corrected chi connectivity index (χ0v) is 11.6. The summed E-state index contributed by atoms with van der Waals surface area (Å²) in [6.07, 6.45) is 0. The highest BCUT2D eigenvalue weighted by Gasteiger charge is 2.22. The number of rotatable bonds is 3. The Bertz CT molecular complexity index is 717. The normalized spacial score (nSPS) is 11.3. The van der Waals surface area contributed by atoms with E-state index in [9.17, 15) is 12.8 Å². The van der Waals surface area contributed by atoms with Crippen LogP contribution in [0, 0.1) is 5.82 Å². The second-order valence-corrected chi connectivity index (χ2v) is 5.82. The van der Waals surface area contributed by atoms with E-state index in [0.29, 0.717) is 0 Å². The van der Waals surface area contributed by atoms with Crippen LogP contribution in [0.5, 0.6) is 5.75 Å². The molecule has 2 rings (SSSR count). The van der Waals surface area contributed by atoms with Crippen LogP contribution >= 0.6 is 23.2 Å². The van der Waals surface area contributed by atoms with Crippen LogP contribution in [0.2, 0.25) is 10.0 Å². The van der Waals surface area contributed by atoms with Gasteiger partial charge in [-0.05, 0) is 24.3 Å². The van der Waals surface area contributed by atoms with E-state index >= 15 is 0 Å². The van der Waals surface area contributed by atoms with Crippen LogP contribution in [0.15, 0.2) is 47.4 Å². The third-order valence-electron chi connectivity index (χ3n) is 2.22. The quantitative estimate of drug-likeness (QED) is 0.805. The van der Waals surface area contributed by atoms with Gasteiger partial charge >= 0.3 is 10.1 Å². The Morgan fingerprint density at radius 3 is 2.37 bits per heavy atom. The third-order valence-corrected chi connectivity index (χ3v) is 4.43. The summed E-state index contributed by atoms with van der Waals surface area (Å²) in [5.74, 6) is -1.19. The molecule has 0 heterocycles. The second kappa shape index (κ2) is 5.36. The second-order valence-electron chi connectivity index (χ2n) is 3.52. The lowest BCUT2D eigenvalue weighted by atomic mass is 10.3. The molecule has 0 amide bonds. The van der Waals surface area contributed by atoms with Crippen molar-refractivity contribution in [1.82, 2.24) is 0 Å². The summed E-state index contributed by atoms with van der Waals surface area (Å²) in [5.41, 5.74) is 0. The molecule has 0 saturated heterocycles. The zero-order valence-electron chi connectivity index (χ0n) is 9.31. The molecule has 100 valence electrons. The summed E-state index contributed by atoms with van der Waals surface area (Å²) < 4.78 is 42.1. The molecule has 0 aliphatic carbocycles. The molecule has 2 aromatic rings. The van der Waals surface area contributed by atoms with E-state index in [1.54, 1.807) is 0 Å². The van der Waals surface area contributed by atoms with Crippen LogP contribution in [0.4, 0.5) is 4.39 Å². The van der Waals surface area contributed by atoms with Crippen molar-refractivity contribution in [3.63, 3.8) is 0 Å². The Hall–Kier alpha value is -1.30. The minimum absolute atomic E-state index is 0.0693. The Balaban J connectivity index is 2.44.